The van der Waals surface area contributed by atoms with E-state index in [0.29, 0.717) is 21.2 Å². The summed E-state index contributed by atoms with van der Waals surface area (Å²) in [6.07, 6.45) is -1.72. The summed E-state index contributed by atoms with van der Waals surface area (Å²) in [4.78, 5) is 11.0. The molecular formula is C14H8Cl4O3. The Bertz CT molecular complexity index is 692. The maximum absolute atomic E-state index is 11.0. The Morgan fingerprint density at radius 2 is 1.52 bits per heavy atom. The molecule has 21 heavy (non-hydrogen) atoms. The van der Waals surface area contributed by atoms with Crippen molar-refractivity contribution < 1.29 is 15.0 Å². The highest BCUT2D eigenvalue weighted by Crippen LogP contribution is 2.41. The van der Waals surface area contributed by atoms with Crippen molar-refractivity contribution >= 4 is 52.4 Å². The van der Waals surface area contributed by atoms with Crippen LogP contribution in [0, 0.1) is 0 Å². The molecule has 0 bridgehead atoms. The van der Waals surface area contributed by atoms with E-state index in [-0.39, 0.29) is 15.6 Å². The van der Waals surface area contributed by atoms with E-state index in [1.165, 1.54) is 30.3 Å². The van der Waals surface area contributed by atoms with Gasteiger partial charge in [0.05, 0.1) is 10.0 Å². The van der Waals surface area contributed by atoms with Crippen LogP contribution in [0.25, 0.3) is 11.1 Å². The molecule has 2 rings (SSSR count). The molecule has 0 saturated heterocycles. The van der Waals surface area contributed by atoms with E-state index in [1.807, 2.05) is 0 Å². The van der Waals surface area contributed by atoms with E-state index in [1.54, 1.807) is 0 Å². The second-order valence-electron chi connectivity index (χ2n) is 4.22. The molecule has 7 heteroatoms. The summed E-state index contributed by atoms with van der Waals surface area (Å²) in [6, 6.07) is 7.33. The van der Waals surface area contributed by atoms with Crippen LogP contribution < -0.4 is 0 Å². The topological polar surface area (TPSA) is 57.5 Å². The minimum absolute atomic E-state index is 0.137. The van der Waals surface area contributed by atoms with Crippen LogP contribution in [0.15, 0.2) is 30.3 Å². The molecule has 2 aromatic rings. The Kier molecular flexibility index (Phi) is 5.02. The van der Waals surface area contributed by atoms with Crippen molar-refractivity contribution in [2.75, 3.05) is 0 Å². The number of rotatable bonds is 3. The summed E-state index contributed by atoms with van der Waals surface area (Å²) >= 11 is 24.1. The van der Waals surface area contributed by atoms with Gasteiger partial charge >= 0.3 is 5.97 Å². The van der Waals surface area contributed by atoms with Gasteiger partial charge in [0, 0.05) is 15.6 Å². The number of hydrogen-bond acceptors (Lipinski definition) is 2. The molecule has 110 valence electrons. The number of aliphatic hydroxyl groups is 1. The van der Waals surface area contributed by atoms with Crippen LogP contribution in [0.5, 0.6) is 0 Å². The minimum Gasteiger partial charge on any atom is -0.479 e. The third-order valence-electron chi connectivity index (χ3n) is 2.82. The third-order valence-corrected chi connectivity index (χ3v) is 3.87. The number of aliphatic hydroxyl groups excluding tert-OH is 1. The van der Waals surface area contributed by atoms with Crippen molar-refractivity contribution in [1.29, 1.82) is 0 Å². The zero-order chi connectivity index (χ0) is 15.7. The number of benzene rings is 2. The molecule has 0 spiro atoms. The summed E-state index contributed by atoms with van der Waals surface area (Å²) in [5.74, 6) is -1.39. The number of carboxylic acids is 1. The lowest BCUT2D eigenvalue weighted by Gasteiger charge is -2.15. The second-order valence-corrected chi connectivity index (χ2v) is 5.90. The van der Waals surface area contributed by atoms with E-state index in [0.717, 1.165) is 0 Å². The molecule has 0 aliphatic rings. The molecule has 0 saturated carbocycles. The summed E-state index contributed by atoms with van der Waals surface area (Å²) in [6.45, 7) is 0. The Balaban J connectivity index is 2.74. The standard InChI is InChI=1S/C14H8Cl4O3/c15-6-1-2-8(13(19)14(20)21)9(3-6)12-10(17)4-7(16)5-11(12)18/h1-5,13,19H,(H,20,21). The SMILES string of the molecule is O=C(O)C(O)c1ccc(Cl)cc1-c1c(Cl)cc(Cl)cc1Cl. The molecule has 0 amide bonds. The van der Waals surface area contributed by atoms with Gasteiger partial charge in [-0.3, -0.25) is 0 Å². The van der Waals surface area contributed by atoms with Crippen molar-refractivity contribution in [3.8, 4) is 11.1 Å². The molecular weight excluding hydrogens is 358 g/mol. The van der Waals surface area contributed by atoms with Crippen LogP contribution in [0.2, 0.25) is 20.1 Å². The van der Waals surface area contributed by atoms with Crippen molar-refractivity contribution in [1.82, 2.24) is 0 Å². The van der Waals surface area contributed by atoms with E-state index in [9.17, 15) is 9.90 Å². The fourth-order valence-electron chi connectivity index (χ4n) is 1.92. The quantitative estimate of drug-likeness (QED) is 0.796. The maximum atomic E-state index is 11.0. The second kappa shape index (κ2) is 6.42. The van der Waals surface area contributed by atoms with Crippen LogP contribution >= 0.6 is 46.4 Å². The average molecular weight is 366 g/mol. The smallest absolute Gasteiger partial charge is 0.337 e. The first kappa shape index (κ1) is 16.4. The van der Waals surface area contributed by atoms with Gasteiger partial charge in [-0.05, 0) is 35.4 Å². The number of hydrogen-bond donors (Lipinski definition) is 2. The highest BCUT2D eigenvalue weighted by atomic mass is 35.5. The first-order chi connectivity index (χ1) is 9.81. The Labute approximate surface area is 140 Å². The Hall–Kier alpha value is -0.970. The van der Waals surface area contributed by atoms with Crippen LogP contribution in [0.3, 0.4) is 0 Å². The molecule has 1 atom stereocenters. The number of carbonyl (C=O) groups is 1. The predicted octanol–water partition coefficient (Wildman–Crippen LogP) is 5.09. The highest BCUT2D eigenvalue weighted by Gasteiger charge is 2.23. The molecule has 0 aromatic heterocycles. The average Bonchev–Trinajstić information content (AvgIpc) is 2.36. The number of carboxylic acid groups (broad SMARTS) is 1. The Morgan fingerprint density at radius 1 is 0.952 bits per heavy atom. The molecule has 2 N–H and O–H groups in total. The van der Waals surface area contributed by atoms with Gasteiger partial charge in [0.1, 0.15) is 0 Å². The first-order valence-electron chi connectivity index (χ1n) is 5.66. The van der Waals surface area contributed by atoms with Gasteiger partial charge in [-0.25, -0.2) is 4.79 Å². The van der Waals surface area contributed by atoms with E-state index >= 15 is 0 Å². The van der Waals surface area contributed by atoms with Crippen molar-refractivity contribution in [3.63, 3.8) is 0 Å². The molecule has 0 fully saturated rings. The van der Waals surface area contributed by atoms with Gasteiger partial charge < -0.3 is 10.2 Å². The first-order valence-corrected chi connectivity index (χ1v) is 7.17. The normalized spacial score (nSPS) is 12.2. The summed E-state index contributed by atoms with van der Waals surface area (Å²) in [5.41, 5.74) is 0.836. The number of halogens is 4. The van der Waals surface area contributed by atoms with Crippen LogP contribution in [0.1, 0.15) is 11.7 Å². The molecule has 0 aliphatic heterocycles. The third kappa shape index (κ3) is 3.44. The van der Waals surface area contributed by atoms with E-state index < -0.39 is 12.1 Å². The van der Waals surface area contributed by atoms with Gasteiger partial charge in [0.15, 0.2) is 6.10 Å². The molecule has 3 nitrogen and oxygen atoms in total. The molecule has 0 aliphatic carbocycles. The van der Waals surface area contributed by atoms with Gasteiger partial charge in [-0.1, -0.05) is 52.5 Å². The monoisotopic (exact) mass is 364 g/mol. The van der Waals surface area contributed by atoms with Crippen LogP contribution in [-0.4, -0.2) is 16.2 Å². The fourth-order valence-corrected chi connectivity index (χ4v) is 3.11. The van der Waals surface area contributed by atoms with Crippen molar-refractivity contribution in [2.45, 2.75) is 6.10 Å². The van der Waals surface area contributed by atoms with E-state index in [2.05, 4.69) is 0 Å². The minimum atomic E-state index is -1.72. The van der Waals surface area contributed by atoms with E-state index in [4.69, 9.17) is 51.5 Å². The van der Waals surface area contributed by atoms with Gasteiger partial charge in [-0.2, -0.15) is 0 Å². The van der Waals surface area contributed by atoms with Crippen LogP contribution in [-0.2, 0) is 4.79 Å². The highest BCUT2D eigenvalue weighted by molar-refractivity contribution is 6.42. The largest absolute Gasteiger partial charge is 0.479 e. The van der Waals surface area contributed by atoms with Crippen molar-refractivity contribution in [3.05, 3.63) is 56.0 Å². The predicted molar refractivity (Wildman–Crippen MR) is 84.5 cm³/mol. The van der Waals surface area contributed by atoms with Gasteiger partial charge in [0.25, 0.3) is 0 Å². The van der Waals surface area contributed by atoms with Crippen LogP contribution in [0.4, 0.5) is 0 Å². The van der Waals surface area contributed by atoms with Crippen molar-refractivity contribution in [2.24, 2.45) is 0 Å². The number of aliphatic carboxylic acids is 1. The lowest BCUT2D eigenvalue weighted by molar-refractivity contribution is -0.146. The molecule has 1 unspecified atom stereocenters. The van der Waals surface area contributed by atoms with Gasteiger partial charge in [0.2, 0.25) is 0 Å². The molecule has 0 heterocycles. The summed E-state index contributed by atoms with van der Waals surface area (Å²) in [5, 5.41) is 20.0. The molecule has 0 radical (unpaired) electrons. The summed E-state index contributed by atoms with van der Waals surface area (Å²) in [7, 11) is 0. The fraction of sp³-hybridized carbons (Fsp3) is 0.0714. The van der Waals surface area contributed by atoms with Gasteiger partial charge in [-0.15, -0.1) is 0 Å². The summed E-state index contributed by atoms with van der Waals surface area (Å²) < 4.78 is 0. The zero-order valence-corrected chi connectivity index (χ0v) is 13.3. The maximum Gasteiger partial charge on any atom is 0.337 e. The molecule has 2 aromatic carbocycles. The lowest BCUT2D eigenvalue weighted by atomic mass is 9.96. The zero-order valence-electron chi connectivity index (χ0n) is 10.3. The lowest BCUT2D eigenvalue weighted by Crippen LogP contribution is -2.11. The Morgan fingerprint density at radius 3 is 2.05 bits per heavy atom.